The fourth-order valence-electron chi connectivity index (χ4n) is 3.98. The molecule has 0 saturated carbocycles. The molecule has 2 N–H and O–H groups in total. The first-order chi connectivity index (χ1) is 13.6. The number of piperidine rings is 1. The summed E-state index contributed by atoms with van der Waals surface area (Å²) in [5.41, 5.74) is 3.49. The van der Waals surface area contributed by atoms with Gasteiger partial charge >= 0.3 is 6.18 Å². The molecule has 1 aromatic rings. The smallest absolute Gasteiger partial charge is 0.356 e. The van der Waals surface area contributed by atoms with Crippen LogP contribution in [0.4, 0.5) is 13.2 Å². The van der Waals surface area contributed by atoms with Crippen LogP contribution in [-0.2, 0) is 13.5 Å². The zero-order valence-corrected chi connectivity index (χ0v) is 18.2. The Labute approximate surface area is 171 Å². The Hall–Kier alpha value is -1.77. The van der Waals surface area contributed by atoms with Gasteiger partial charge in [0.15, 0.2) is 5.96 Å². The van der Waals surface area contributed by atoms with Crippen LogP contribution in [0.1, 0.15) is 43.1 Å². The second-order valence-electron chi connectivity index (χ2n) is 8.14. The predicted octanol–water partition coefficient (Wildman–Crippen LogP) is 2.80. The van der Waals surface area contributed by atoms with Crippen molar-refractivity contribution in [1.29, 1.82) is 0 Å². The molecule has 0 aliphatic carbocycles. The molecular formula is C20H35F3N6. The SMILES string of the molecule is CN=C(NCCC1CCN(CC(F)(F)F)CC1)NC(C)Cc1c(C)nn(C)c1C. The van der Waals surface area contributed by atoms with Crippen LogP contribution in [-0.4, -0.2) is 66.1 Å². The number of guanidine groups is 1. The lowest BCUT2D eigenvalue weighted by Crippen LogP contribution is -2.44. The summed E-state index contributed by atoms with van der Waals surface area (Å²) in [7, 11) is 3.70. The zero-order chi connectivity index (χ0) is 21.6. The number of aryl methyl sites for hydroxylation is 2. The largest absolute Gasteiger partial charge is 0.401 e. The van der Waals surface area contributed by atoms with Crippen LogP contribution in [0.25, 0.3) is 0 Å². The van der Waals surface area contributed by atoms with Crippen LogP contribution >= 0.6 is 0 Å². The van der Waals surface area contributed by atoms with Gasteiger partial charge in [-0.3, -0.25) is 14.6 Å². The fraction of sp³-hybridized carbons (Fsp3) is 0.800. The second-order valence-corrected chi connectivity index (χ2v) is 8.14. The Balaban J connectivity index is 1.70. The van der Waals surface area contributed by atoms with E-state index >= 15 is 0 Å². The van der Waals surface area contributed by atoms with Gasteiger partial charge in [-0.1, -0.05) is 0 Å². The maximum absolute atomic E-state index is 12.5. The van der Waals surface area contributed by atoms with Gasteiger partial charge in [0.2, 0.25) is 0 Å². The monoisotopic (exact) mass is 416 g/mol. The molecule has 2 rings (SSSR count). The van der Waals surface area contributed by atoms with Crippen LogP contribution in [0.3, 0.4) is 0 Å². The van der Waals surface area contributed by atoms with E-state index in [0.29, 0.717) is 19.0 Å². The van der Waals surface area contributed by atoms with Gasteiger partial charge in [-0.05, 0) is 71.0 Å². The molecule has 1 fully saturated rings. The Bertz CT molecular complexity index is 674. The lowest BCUT2D eigenvalue weighted by atomic mass is 9.93. The van der Waals surface area contributed by atoms with E-state index in [1.54, 1.807) is 7.05 Å². The molecule has 1 unspecified atom stereocenters. The average Bonchev–Trinajstić information content (AvgIpc) is 2.87. The molecule has 2 heterocycles. The van der Waals surface area contributed by atoms with Gasteiger partial charge in [-0.25, -0.2) is 0 Å². The van der Waals surface area contributed by atoms with Crippen LogP contribution in [0.2, 0.25) is 0 Å². The summed E-state index contributed by atoms with van der Waals surface area (Å²) in [6, 6.07) is 0.202. The van der Waals surface area contributed by atoms with E-state index in [1.807, 2.05) is 18.7 Å². The number of rotatable bonds is 7. The molecule has 29 heavy (non-hydrogen) atoms. The second kappa shape index (κ2) is 10.3. The normalized spacial score (nSPS) is 18.1. The molecule has 0 radical (unpaired) electrons. The molecule has 1 saturated heterocycles. The van der Waals surface area contributed by atoms with Crippen LogP contribution < -0.4 is 10.6 Å². The molecule has 1 aliphatic heterocycles. The van der Waals surface area contributed by atoms with E-state index in [2.05, 4.69) is 34.6 Å². The summed E-state index contributed by atoms with van der Waals surface area (Å²) in [6.45, 7) is 7.26. The minimum atomic E-state index is -4.10. The molecule has 0 aromatic carbocycles. The Morgan fingerprint density at radius 3 is 2.45 bits per heavy atom. The van der Waals surface area contributed by atoms with Crippen molar-refractivity contribution >= 4 is 5.96 Å². The summed E-state index contributed by atoms with van der Waals surface area (Å²) in [6.07, 6.45) is -0.657. The van der Waals surface area contributed by atoms with Gasteiger partial charge in [-0.15, -0.1) is 0 Å². The maximum atomic E-state index is 12.5. The minimum Gasteiger partial charge on any atom is -0.356 e. The number of likely N-dealkylation sites (tertiary alicyclic amines) is 1. The molecule has 9 heteroatoms. The summed E-state index contributed by atoms with van der Waals surface area (Å²) in [5, 5.41) is 11.2. The summed E-state index contributed by atoms with van der Waals surface area (Å²) >= 11 is 0. The van der Waals surface area contributed by atoms with Gasteiger partial charge in [0.25, 0.3) is 0 Å². The highest BCUT2D eigenvalue weighted by Crippen LogP contribution is 2.24. The van der Waals surface area contributed by atoms with Crippen LogP contribution in [0.15, 0.2) is 4.99 Å². The number of hydrogen-bond donors (Lipinski definition) is 2. The molecular weight excluding hydrogens is 381 g/mol. The molecule has 0 spiro atoms. The van der Waals surface area contributed by atoms with E-state index in [4.69, 9.17) is 0 Å². The van der Waals surface area contributed by atoms with E-state index in [-0.39, 0.29) is 6.04 Å². The van der Waals surface area contributed by atoms with Gasteiger partial charge in [0, 0.05) is 32.4 Å². The number of alkyl halides is 3. The highest BCUT2D eigenvalue weighted by Gasteiger charge is 2.32. The van der Waals surface area contributed by atoms with Crippen LogP contribution in [0.5, 0.6) is 0 Å². The first-order valence-corrected chi connectivity index (χ1v) is 10.3. The molecule has 0 amide bonds. The van der Waals surface area contributed by atoms with E-state index in [9.17, 15) is 13.2 Å². The minimum absolute atomic E-state index is 0.202. The average molecular weight is 417 g/mol. The zero-order valence-electron chi connectivity index (χ0n) is 18.2. The number of nitrogens with one attached hydrogen (secondary N) is 2. The number of hydrogen-bond acceptors (Lipinski definition) is 3. The van der Waals surface area contributed by atoms with Crippen molar-refractivity contribution in [2.75, 3.05) is 33.2 Å². The summed E-state index contributed by atoms with van der Waals surface area (Å²) in [4.78, 5) is 5.80. The number of nitrogens with zero attached hydrogens (tertiary/aromatic N) is 4. The summed E-state index contributed by atoms with van der Waals surface area (Å²) < 4.78 is 39.3. The molecule has 1 atom stereocenters. The molecule has 0 bridgehead atoms. The Morgan fingerprint density at radius 1 is 1.28 bits per heavy atom. The van der Waals surface area contributed by atoms with Crippen LogP contribution in [0, 0.1) is 19.8 Å². The highest BCUT2D eigenvalue weighted by molar-refractivity contribution is 5.79. The number of aliphatic imine (C=N–C) groups is 1. The standard InChI is InChI=1S/C20H35F3N6/c1-14(12-18-15(2)27-28(5)16(18)3)26-19(24-4)25-9-6-17-7-10-29(11-8-17)13-20(21,22)23/h14,17H,6-13H2,1-5H3,(H2,24,25,26). The number of halogens is 3. The van der Waals surface area contributed by atoms with Gasteiger partial charge in [-0.2, -0.15) is 18.3 Å². The third-order valence-corrected chi connectivity index (χ3v) is 5.73. The van der Waals surface area contributed by atoms with Crippen molar-refractivity contribution in [3.05, 3.63) is 17.0 Å². The van der Waals surface area contributed by atoms with Crippen molar-refractivity contribution in [3.8, 4) is 0 Å². The quantitative estimate of drug-likeness (QED) is 0.530. The molecule has 166 valence electrons. The van der Waals surface area contributed by atoms with Gasteiger partial charge in [0.05, 0.1) is 12.2 Å². The Kier molecular flexibility index (Phi) is 8.36. The Morgan fingerprint density at radius 2 is 1.93 bits per heavy atom. The molecule has 1 aromatic heterocycles. The predicted molar refractivity (Wildman–Crippen MR) is 110 cm³/mol. The van der Waals surface area contributed by atoms with E-state index in [1.165, 1.54) is 16.2 Å². The third-order valence-electron chi connectivity index (χ3n) is 5.73. The topological polar surface area (TPSA) is 57.5 Å². The van der Waals surface area contributed by atoms with Crippen molar-refractivity contribution in [2.45, 2.75) is 58.7 Å². The van der Waals surface area contributed by atoms with Gasteiger partial charge < -0.3 is 10.6 Å². The fourth-order valence-corrected chi connectivity index (χ4v) is 3.98. The first-order valence-electron chi connectivity index (χ1n) is 10.3. The van der Waals surface area contributed by atoms with E-state index in [0.717, 1.165) is 43.9 Å². The third kappa shape index (κ3) is 7.53. The van der Waals surface area contributed by atoms with Crippen molar-refractivity contribution in [3.63, 3.8) is 0 Å². The lowest BCUT2D eigenvalue weighted by molar-refractivity contribution is -0.148. The van der Waals surface area contributed by atoms with E-state index < -0.39 is 12.7 Å². The number of aromatic nitrogens is 2. The van der Waals surface area contributed by atoms with Gasteiger partial charge in [0.1, 0.15) is 0 Å². The van der Waals surface area contributed by atoms with Crippen molar-refractivity contribution in [1.82, 2.24) is 25.3 Å². The highest BCUT2D eigenvalue weighted by atomic mass is 19.4. The summed E-state index contributed by atoms with van der Waals surface area (Å²) in [5.74, 6) is 1.22. The lowest BCUT2D eigenvalue weighted by Gasteiger charge is -2.32. The molecule has 1 aliphatic rings. The maximum Gasteiger partial charge on any atom is 0.401 e. The molecule has 6 nitrogen and oxygen atoms in total. The first kappa shape index (κ1) is 23.5. The van der Waals surface area contributed by atoms with Crippen molar-refractivity contribution in [2.24, 2.45) is 18.0 Å². The van der Waals surface area contributed by atoms with Crippen molar-refractivity contribution < 1.29 is 13.2 Å².